The van der Waals surface area contributed by atoms with Crippen molar-refractivity contribution in [3.63, 3.8) is 0 Å². The Balaban J connectivity index is 3.07. The Bertz CT molecular complexity index is 484. The SMILES string of the molecule is CCCNS(=O)(=O)c1ccc(CC)c(CNC)c1. The van der Waals surface area contributed by atoms with E-state index in [-0.39, 0.29) is 0 Å². The summed E-state index contributed by atoms with van der Waals surface area (Å²) in [5.74, 6) is 0. The summed E-state index contributed by atoms with van der Waals surface area (Å²) in [5, 5.41) is 3.07. The van der Waals surface area contributed by atoms with Crippen LogP contribution in [0.5, 0.6) is 0 Å². The number of hydrogen-bond donors (Lipinski definition) is 2. The second-order valence-electron chi connectivity index (χ2n) is 4.21. The van der Waals surface area contributed by atoms with Crippen molar-refractivity contribution in [2.24, 2.45) is 0 Å². The van der Waals surface area contributed by atoms with Gasteiger partial charge in [-0.15, -0.1) is 0 Å². The average molecular weight is 270 g/mol. The Morgan fingerprint density at radius 2 is 1.89 bits per heavy atom. The summed E-state index contributed by atoms with van der Waals surface area (Å²) in [7, 11) is -1.51. The first-order valence-electron chi connectivity index (χ1n) is 6.31. The first-order chi connectivity index (χ1) is 8.55. The Labute approximate surface area is 110 Å². The maximum atomic E-state index is 12.0. The third-order valence-corrected chi connectivity index (χ3v) is 4.24. The van der Waals surface area contributed by atoms with E-state index in [0.717, 1.165) is 18.4 Å². The summed E-state index contributed by atoms with van der Waals surface area (Å²) in [5.41, 5.74) is 2.22. The minimum Gasteiger partial charge on any atom is -0.316 e. The van der Waals surface area contributed by atoms with Crippen LogP contribution in [-0.2, 0) is 23.0 Å². The molecular weight excluding hydrogens is 248 g/mol. The molecule has 0 aliphatic heterocycles. The quantitative estimate of drug-likeness (QED) is 0.792. The standard InChI is InChI=1S/C13H22N2O2S/c1-4-8-15-18(16,17)13-7-6-11(5-2)12(9-13)10-14-3/h6-7,9,14-15H,4-5,8,10H2,1-3H3. The average Bonchev–Trinajstić information content (AvgIpc) is 2.36. The van der Waals surface area contributed by atoms with Crippen molar-refractivity contribution in [2.75, 3.05) is 13.6 Å². The van der Waals surface area contributed by atoms with Crippen LogP contribution in [0.25, 0.3) is 0 Å². The largest absolute Gasteiger partial charge is 0.316 e. The van der Waals surface area contributed by atoms with Crippen molar-refractivity contribution in [3.05, 3.63) is 29.3 Å². The maximum Gasteiger partial charge on any atom is 0.240 e. The van der Waals surface area contributed by atoms with Crippen LogP contribution in [0, 0.1) is 0 Å². The molecule has 0 radical (unpaired) electrons. The molecule has 0 bridgehead atoms. The number of sulfonamides is 1. The van der Waals surface area contributed by atoms with Gasteiger partial charge in [-0.1, -0.05) is 19.9 Å². The van der Waals surface area contributed by atoms with Gasteiger partial charge in [-0.3, -0.25) is 0 Å². The van der Waals surface area contributed by atoms with E-state index < -0.39 is 10.0 Å². The van der Waals surface area contributed by atoms with E-state index in [0.29, 0.717) is 18.0 Å². The highest BCUT2D eigenvalue weighted by atomic mass is 32.2. The predicted octanol–water partition coefficient (Wildman–Crippen LogP) is 1.66. The zero-order valence-electron chi connectivity index (χ0n) is 11.3. The van der Waals surface area contributed by atoms with Gasteiger partial charge < -0.3 is 5.32 Å². The lowest BCUT2D eigenvalue weighted by molar-refractivity contribution is 0.580. The fourth-order valence-corrected chi connectivity index (χ4v) is 2.97. The van der Waals surface area contributed by atoms with E-state index >= 15 is 0 Å². The zero-order valence-corrected chi connectivity index (χ0v) is 12.1. The van der Waals surface area contributed by atoms with Crippen molar-refractivity contribution < 1.29 is 8.42 Å². The van der Waals surface area contributed by atoms with E-state index in [4.69, 9.17) is 0 Å². The molecule has 1 aromatic rings. The van der Waals surface area contributed by atoms with E-state index in [9.17, 15) is 8.42 Å². The molecule has 0 saturated carbocycles. The molecule has 1 aromatic carbocycles. The van der Waals surface area contributed by atoms with Gasteiger partial charge in [0.15, 0.2) is 0 Å². The highest BCUT2D eigenvalue weighted by Crippen LogP contribution is 2.16. The van der Waals surface area contributed by atoms with E-state index in [1.54, 1.807) is 12.1 Å². The lowest BCUT2D eigenvalue weighted by Gasteiger charge is -2.11. The van der Waals surface area contributed by atoms with Gasteiger partial charge in [0.1, 0.15) is 0 Å². The van der Waals surface area contributed by atoms with E-state index in [1.807, 2.05) is 20.0 Å². The fraction of sp³-hybridized carbons (Fsp3) is 0.538. The molecule has 0 heterocycles. The van der Waals surface area contributed by atoms with Gasteiger partial charge in [0.05, 0.1) is 4.90 Å². The number of rotatable bonds is 7. The summed E-state index contributed by atoms with van der Waals surface area (Å²) in [6, 6.07) is 5.33. The van der Waals surface area contributed by atoms with Gasteiger partial charge in [-0.2, -0.15) is 0 Å². The third-order valence-electron chi connectivity index (χ3n) is 2.78. The summed E-state index contributed by atoms with van der Waals surface area (Å²) >= 11 is 0. The van der Waals surface area contributed by atoms with Crippen molar-refractivity contribution in [1.82, 2.24) is 10.0 Å². The molecule has 0 aliphatic rings. The number of aryl methyl sites for hydroxylation is 1. The third kappa shape index (κ3) is 3.80. The lowest BCUT2D eigenvalue weighted by atomic mass is 10.1. The van der Waals surface area contributed by atoms with Crippen molar-refractivity contribution in [3.8, 4) is 0 Å². The van der Waals surface area contributed by atoms with Gasteiger partial charge in [-0.05, 0) is 43.1 Å². The molecule has 0 aromatic heterocycles. The maximum absolute atomic E-state index is 12.0. The Morgan fingerprint density at radius 1 is 1.17 bits per heavy atom. The fourth-order valence-electron chi connectivity index (χ4n) is 1.79. The molecule has 0 unspecified atom stereocenters. The lowest BCUT2D eigenvalue weighted by Crippen LogP contribution is -2.24. The van der Waals surface area contributed by atoms with Crippen molar-refractivity contribution >= 4 is 10.0 Å². The molecule has 2 N–H and O–H groups in total. The first-order valence-corrected chi connectivity index (χ1v) is 7.79. The smallest absolute Gasteiger partial charge is 0.240 e. The molecule has 0 saturated heterocycles. The van der Waals surface area contributed by atoms with Crippen molar-refractivity contribution in [2.45, 2.75) is 38.1 Å². The van der Waals surface area contributed by atoms with Crippen LogP contribution in [0.4, 0.5) is 0 Å². The second kappa shape index (κ2) is 6.87. The monoisotopic (exact) mass is 270 g/mol. The van der Waals surface area contributed by atoms with Gasteiger partial charge in [-0.25, -0.2) is 13.1 Å². The predicted molar refractivity (Wildman–Crippen MR) is 74.1 cm³/mol. The highest BCUT2D eigenvalue weighted by Gasteiger charge is 2.14. The number of nitrogens with one attached hydrogen (secondary N) is 2. The van der Waals surface area contributed by atoms with Crippen LogP contribution in [0.1, 0.15) is 31.4 Å². The normalized spacial score (nSPS) is 11.7. The van der Waals surface area contributed by atoms with E-state index in [1.165, 1.54) is 5.56 Å². The summed E-state index contributed by atoms with van der Waals surface area (Å²) in [6.07, 6.45) is 1.69. The summed E-state index contributed by atoms with van der Waals surface area (Å²) < 4.78 is 26.6. The molecule has 18 heavy (non-hydrogen) atoms. The molecule has 0 fully saturated rings. The van der Waals surface area contributed by atoms with Crippen LogP contribution in [0.15, 0.2) is 23.1 Å². The minimum absolute atomic E-state index is 0.346. The molecule has 0 aliphatic carbocycles. The van der Waals surface area contributed by atoms with Crippen LogP contribution < -0.4 is 10.0 Å². The minimum atomic E-state index is -3.37. The number of hydrogen-bond acceptors (Lipinski definition) is 3. The van der Waals surface area contributed by atoms with Gasteiger partial charge in [0, 0.05) is 13.1 Å². The molecule has 0 spiro atoms. The molecule has 102 valence electrons. The van der Waals surface area contributed by atoms with Crippen LogP contribution in [0.2, 0.25) is 0 Å². The Morgan fingerprint density at radius 3 is 2.44 bits per heavy atom. The van der Waals surface area contributed by atoms with Crippen molar-refractivity contribution in [1.29, 1.82) is 0 Å². The molecular formula is C13H22N2O2S. The summed E-state index contributed by atoms with van der Waals surface area (Å²) in [4.78, 5) is 0.346. The second-order valence-corrected chi connectivity index (χ2v) is 5.98. The molecule has 4 nitrogen and oxygen atoms in total. The molecule has 5 heteroatoms. The highest BCUT2D eigenvalue weighted by molar-refractivity contribution is 7.89. The first kappa shape index (κ1) is 15.1. The van der Waals surface area contributed by atoms with Gasteiger partial charge in [0.2, 0.25) is 10.0 Å². The molecule has 0 amide bonds. The van der Waals surface area contributed by atoms with Crippen LogP contribution in [-0.4, -0.2) is 22.0 Å². The van der Waals surface area contributed by atoms with Gasteiger partial charge >= 0.3 is 0 Å². The zero-order chi connectivity index (χ0) is 13.6. The Hall–Kier alpha value is -0.910. The number of benzene rings is 1. The van der Waals surface area contributed by atoms with Gasteiger partial charge in [0.25, 0.3) is 0 Å². The molecule has 1 rings (SSSR count). The molecule has 0 atom stereocenters. The summed E-state index contributed by atoms with van der Waals surface area (Å²) in [6.45, 7) is 5.16. The topological polar surface area (TPSA) is 58.2 Å². The van der Waals surface area contributed by atoms with Crippen LogP contribution in [0.3, 0.4) is 0 Å². The van der Waals surface area contributed by atoms with Crippen LogP contribution >= 0.6 is 0 Å². The van der Waals surface area contributed by atoms with E-state index in [2.05, 4.69) is 17.0 Å². The Kier molecular flexibility index (Phi) is 5.78.